The minimum Gasteiger partial charge on any atom is -0.744 e. The van der Waals surface area contributed by atoms with Crippen molar-refractivity contribution in [1.29, 1.82) is 0 Å². The second-order valence-electron chi connectivity index (χ2n) is 5.10. The molecule has 0 spiro atoms. The third-order valence-corrected chi connectivity index (χ3v) is 6.67. The monoisotopic (exact) mass is 510 g/mol. The Hall–Kier alpha value is -0.530. The Bertz CT molecular complexity index is 1200. The summed E-state index contributed by atoms with van der Waals surface area (Å²) in [6.45, 7) is 0. The first-order valence-electron chi connectivity index (χ1n) is 6.98. The van der Waals surface area contributed by atoms with Crippen molar-refractivity contribution in [2.45, 2.75) is 19.6 Å². The second kappa shape index (κ2) is 12.1. The fraction of sp³-hybridized carbons (Fsp3) is 0. The first-order valence-corrected chi connectivity index (χ1v) is 10.6. The summed E-state index contributed by atoms with van der Waals surface area (Å²) in [7, 11) is -9.86. The zero-order chi connectivity index (χ0) is 22.0. The topological polar surface area (TPSA) is 207 Å². The molecule has 2 aromatic carbocycles. The molecule has 2 aromatic rings. The van der Waals surface area contributed by atoms with E-state index >= 15 is 0 Å². The molecule has 0 aliphatic heterocycles. The maximum Gasteiger partial charge on any atom is 1.00 e. The molecule has 2 N–H and O–H groups in total. The van der Waals surface area contributed by atoms with Crippen LogP contribution in [-0.2, 0) is 29.3 Å². The van der Waals surface area contributed by atoms with E-state index in [0.717, 1.165) is 24.3 Å². The zero-order valence-corrected chi connectivity index (χ0v) is 22.1. The van der Waals surface area contributed by atoms with E-state index in [1.54, 1.807) is 0 Å². The molecular formula is C14H8Na2O12S3. The van der Waals surface area contributed by atoms with Gasteiger partial charge in [0.1, 0.15) is 10.1 Å². The average Bonchev–Trinajstić information content (AvgIpc) is 2.64. The van der Waals surface area contributed by atoms with Crippen LogP contribution in [0.4, 0.5) is 0 Å². The van der Waals surface area contributed by atoms with Gasteiger partial charge in [-0.2, -0.15) is 4.33 Å². The number of benzene rings is 2. The van der Waals surface area contributed by atoms with Crippen molar-refractivity contribution in [2.75, 3.05) is 0 Å². The SMILES string of the molecule is O=C(O)c1ccc(S(=O)(=O)c2ccc(C(=O)O)c(S(=O)(=O)[O-])c2)cc1SOO[O-].[Na+].[Na+]. The van der Waals surface area contributed by atoms with Gasteiger partial charge in [-0.05, 0) is 36.4 Å². The van der Waals surface area contributed by atoms with Crippen molar-refractivity contribution in [3.8, 4) is 0 Å². The van der Waals surface area contributed by atoms with Crippen LogP contribution in [0.3, 0.4) is 0 Å². The van der Waals surface area contributed by atoms with E-state index in [-0.39, 0.29) is 76.1 Å². The van der Waals surface area contributed by atoms with Gasteiger partial charge in [0.15, 0.2) is 0 Å². The zero-order valence-electron chi connectivity index (χ0n) is 15.7. The molecule has 2 rings (SSSR count). The molecule has 0 fully saturated rings. The summed E-state index contributed by atoms with van der Waals surface area (Å²) >= 11 is 0.111. The van der Waals surface area contributed by atoms with Crippen molar-refractivity contribution in [3.05, 3.63) is 47.5 Å². The minimum absolute atomic E-state index is 0. The quantitative estimate of drug-likeness (QED) is 0.112. The molecule has 0 saturated carbocycles. The van der Waals surface area contributed by atoms with Gasteiger partial charge in [0.2, 0.25) is 9.84 Å². The molecule has 0 heterocycles. The van der Waals surface area contributed by atoms with Crippen LogP contribution in [0.2, 0.25) is 0 Å². The van der Waals surface area contributed by atoms with E-state index in [1.165, 1.54) is 0 Å². The third-order valence-electron chi connectivity index (χ3n) is 3.41. The molecule has 156 valence electrons. The Kier molecular flexibility index (Phi) is 11.9. The molecule has 12 nitrogen and oxygen atoms in total. The maximum absolute atomic E-state index is 12.8. The van der Waals surface area contributed by atoms with Gasteiger partial charge in [-0.15, -0.1) is 0 Å². The fourth-order valence-corrected chi connectivity index (χ4v) is 4.83. The van der Waals surface area contributed by atoms with Gasteiger partial charge >= 0.3 is 71.1 Å². The minimum atomic E-state index is -5.33. The Labute approximate surface area is 223 Å². The number of carbonyl (C=O) groups is 2. The molecule has 0 unspecified atom stereocenters. The van der Waals surface area contributed by atoms with Crippen LogP contribution in [0, 0.1) is 0 Å². The first-order chi connectivity index (χ1) is 13.4. The molecule has 0 aliphatic rings. The summed E-state index contributed by atoms with van der Waals surface area (Å²) in [6, 6.07) is 4.34. The second-order valence-corrected chi connectivity index (χ2v) is 9.14. The predicted molar refractivity (Wildman–Crippen MR) is 88.2 cm³/mol. The largest absolute Gasteiger partial charge is 1.00 e. The Morgan fingerprint density at radius 3 is 1.81 bits per heavy atom. The number of carboxylic acid groups (broad SMARTS) is 2. The van der Waals surface area contributed by atoms with Crippen molar-refractivity contribution < 1.29 is 115 Å². The molecule has 0 atom stereocenters. The van der Waals surface area contributed by atoms with Crippen LogP contribution in [0.5, 0.6) is 0 Å². The van der Waals surface area contributed by atoms with Crippen LogP contribution in [0.25, 0.3) is 0 Å². The number of carboxylic acids is 2. The standard InChI is InChI=1S/C14H10O12S3.2Na/c15-13(16)9-3-1-7(5-11(9)27-26-25-19)28(20,21)8-2-4-10(14(17)18)12(6-8)29(22,23)24;;/h1-6,19H,(H,15,16)(H,17,18)(H,22,23,24);;/q;2*+1/p-2. The molecule has 31 heavy (non-hydrogen) atoms. The molecule has 0 amide bonds. The number of sulfone groups is 1. The van der Waals surface area contributed by atoms with Gasteiger partial charge in [0.25, 0.3) is 0 Å². The van der Waals surface area contributed by atoms with Gasteiger partial charge in [-0.3, -0.25) is 5.04 Å². The Balaban J connectivity index is 0.00000450. The summed E-state index contributed by atoms with van der Waals surface area (Å²) in [6.07, 6.45) is 0. The fourth-order valence-electron chi connectivity index (χ4n) is 2.16. The average molecular weight is 510 g/mol. The summed E-state index contributed by atoms with van der Waals surface area (Å²) in [4.78, 5) is 19.4. The van der Waals surface area contributed by atoms with Crippen molar-refractivity contribution in [1.82, 2.24) is 0 Å². The molecule has 0 radical (unpaired) electrons. The number of aromatic carboxylic acids is 2. The maximum atomic E-state index is 12.8. The van der Waals surface area contributed by atoms with Gasteiger partial charge < -0.3 is 20.0 Å². The number of rotatable bonds is 8. The van der Waals surface area contributed by atoms with Crippen molar-refractivity contribution in [3.63, 3.8) is 0 Å². The molecule has 0 aromatic heterocycles. The number of hydrogen-bond donors (Lipinski definition) is 2. The van der Waals surface area contributed by atoms with Crippen LogP contribution in [-0.4, -0.2) is 43.5 Å². The summed E-state index contributed by atoms with van der Waals surface area (Å²) in [5.41, 5.74) is -1.35. The van der Waals surface area contributed by atoms with E-state index in [2.05, 4.69) is 9.37 Å². The molecular weight excluding hydrogens is 502 g/mol. The Morgan fingerprint density at radius 2 is 1.35 bits per heavy atom. The molecule has 0 bridgehead atoms. The van der Waals surface area contributed by atoms with Gasteiger partial charge in [-0.1, -0.05) is 0 Å². The van der Waals surface area contributed by atoms with Gasteiger partial charge in [0, 0.05) is 0 Å². The van der Waals surface area contributed by atoms with Crippen LogP contribution < -0.4 is 64.4 Å². The van der Waals surface area contributed by atoms with Crippen LogP contribution in [0.15, 0.2) is 56.0 Å². The van der Waals surface area contributed by atoms with Crippen molar-refractivity contribution >= 4 is 43.9 Å². The Morgan fingerprint density at radius 1 is 0.871 bits per heavy atom. The van der Waals surface area contributed by atoms with Gasteiger partial charge in [0.05, 0.1) is 42.8 Å². The summed E-state index contributed by atoms with van der Waals surface area (Å²) < 4.78 is 63.5. The van der Waals surface area contributed by atoms with Crippen molar-refractivity contribution in [2.24, 2.45) is 0 Å². The summed E-state index contributed by atoms with van der Waals surface area (Å²) in [5.74, 6) is -3.24. The third kappa shape index (κ3) is 7.23. The van der Waals surface area contributed by atoms with Crippen LogP contribution in [0.1, 0.15) is 20.7 Å². The van der Waals surface area contributed by atoms with E-state index in [9.17, 15) is 36.2 Å². The first kappa shape index (κ1) is 30.5. The van der Waals surface area contributed by atoms with Crippen LogP contribution >= 0.6 is 12.0 Å². The molecule has 17 heteroatoms. The van der Waals surface area contributed by atoms with E-state index in [1.807, 2.05) is 0 Å². The smallest absolute Gasteiger partial charge is 0.744 e. The molecule has 0 aliphatic carbocycles. The van der Waals surface area contributed by atoms with E-state index in [0.29, 0.717) is 12.1 Å². The normalized spacial score (nSPS) is 11.2. The predicted octanol–water partition coefficient (Wildman–Crippen LogP) is -5.94. The summed E-state index contributed by atoms with van der Waals surface area (Å²) in [5, 5.41) is 31.1. The number of hydrogen-bond acceptors (Lipinski definition) is 11. The molecule has 0 saturated heterocycles. The van der Waals surface area contributed by atoms with E-state index < -0.39 is 57.7 Å². The van der Waals surface area contributed by atoms with Gasteiger partial charge in [-0.25, -0.2) is 26.4 Å². The van der Waals surface area contributed by atoms with E-state index in [4.69, 9.17) is 10.2 Å².